The molecule has 1 amide bonds. The van der Waals surface area contributed by atoms with Crippen molar-refractivity contribution in [2.75, 3.05) is 25.5 Å². The Hall–Kier alpha value is -1.46. The minimum Gasteiger partial charge on any atom is -0.396 e. The van der Waals surface area contributed by atoms with E-state index in [1.807, 2.05) is 7.05 Å². The zero-order chi connectivity index (χ0) is 15.2. The van der Waals surface area contributed by atoms with Crippen LogP contribution in [0.1, 0.15) is 25.7 Å². The maximum atomic E-state index is 12.8. The highest BCUT2D eigenvalue weighted by Crippen LogP contribution is 2.26. The fourth-order valence-corrected chi connectivity index (χ4v) is 2.86. The first-order valence-electron chi connectivity index (χ1n) is 7.45. The molecular weight excluding hydrogens is 271 g/mol. The number of hydrogen-bond donors (Lipinski definition) is 2. The Kier molecular flexibility index (Phi) is 5.70. The van der Waals surface area contributed by atoms with Crippen molar-refractivity contribution in [2.24, 2.45) is 5.92 Å². The smallest absolute Gasteiger partial charge is 0.238 e. The van der Waals surface area contributed by atoms with E-state index in [9.17, 15) is 9.18 Å². The van der Waals surface area contributed by atoms with Crippen LogP contribution < -0.4 is 5.32 Å². The quantitative estimate of drug-likeness (QED) is 0.876. The summed E-state index contributed by atoms with van der Waals surface area (Å²) in [5.41, 5.74) is 0.610. The molecular formula is C16H23FN2O2. The average molecular weight is 294 g/mol. The number of nitrogens with zero attached hydrogens (tertiary/aromatic N) is 1. The molecule has 0 bridgehead atoms. The summed E-state index contributed by atoms with van der Waals surface area (Å²) >= 11 is 0. The van der Waals surface area contributed by atoms with Crippen LogP contribution in [0.2, 0.25) is 0 Å². The second-order valence-electron chi connectivity index (χ2n) is 5.83. The van der Waals surface area contributed by atoms with Gasteiger partial charge in [-0.1, -0.05) is 0 Å². The van der Waals surface area contributed by atoms with Gasteiger partial charge in [0.25, 0.3) is 0 Å². The highest BCUT2D eigenvalue weighted by atomic mass is 19.1. The molecule has 1 saturated carbocycles. The summed E-state index contributed by atoms with van der Waals surface area (Å²) in [6, 6.07) is 6.16. The van der Waals surface area contributed by atoms with Gasteiger partial charge in [0.2, 0.25) is 5.91 Å². The third-order valence-electron chi connectivity index (χ3n) is 4.22. The Bertz CT molecular complexity index is 456. The average Bonchev–Trinajstić information content (AvgIpc) is 2.49. The van der Waals surface area contributed by atoms with Crippen molar-refractivity contribution < 1.29 is 14.3 Å². The number of anilines is 1. The molecule has 0 saturated heterocycles. The Morgan fingerprint density at radius 1 is 1.29 bits per heavy atom. The van der Waals surface area contributed by atoms with Crippen molar-refractivity contribution >= 4 is 11.6 Å². The van der Waals surface area contributed by atoms with E-state index in [0.717, 1.165) is 25.7 Å². The lowest BCUT2D eigenvalue weighted by atomic mass is 9.86. The summed E-state index contributed by atoms with van der Waals surface area (Å²) in [5.74, 6) is 0.0156. The van der Waals surface area contributed by atoms with Gasteiger partial charge in [-0.3, -0.25) is 9.69 Å². The Morgan fingerprint density at radius 2 is 1.90 bits per heavy atom. The SMILES string of the molecule is CN(CC(=O)Nc1ccc(F)cc1)C1CCC(CO)CC1. The number of nitrogens with one attached hydrogen (secondary N) is 1. The molecule has 0 radical (unpaired) electrons. The number of amides is 1. The molecule has 0 unspecified atom stereocenters. The topological polar surface area (TPSA) is 52.6 Å². The lowest BCUT2D eigenvalue weighted by molar-refractivity contribution is -0.117. The molecule has 4 nitrogen and oxygen atoms in total. The van der Waals surface area contributed by atoms with E-state index >= 15 is 0 Å². The standard InChI is InChI=1S/C16H23FN2O2/c1-19(15-8-2-12(11-20)3-9-15)10-16(21)18-14-6-4-13(17)5-7-14/h4-7,12,15,20H,2-3,8-11H2,1H3,(H,18,21). The maximum Gasteiger partial charge on any atom is 0.238 e. The normalized spacial score (nSPS) is 22.3. The Morgan fingerprint density at radius 3 is 2.48 bits per heavy atom. The molecule has 1 aliphatic rings. The molecule has 2 rings (SSSR count). The number of halogens is 1. The van der Waals surface area contributed by atoms with Gasteiger partial charge in [-0.2, -0.15) is 0 Å². The van der Waals surface area contributed by atoms with Gasteiger partial charge in [0, 0.05) is 18.3 Å². The third-order valence-corrected chi connectivity index (χ3v) is 4.22. The molecule has 21 heavy (non-hydrogen) atoms. The summed E-state index contributed by atoms with van der Waals surface area (Å²) in [4.78, 5) is 14.0. The number of likely N-dealkylation sites (N-methyl/N-ethyl adjacent to an activating group) is 1. The predicted octanol–water partition coefficient (Wildman–Crippen LogP) is 2.25. The minimum atomic E-state index is -0.314. The Balaban J connectivity index is 1.78. The molecule has 116 valence electrons. The van der Waals surface area contributed by atoms with Crippen molar-refractivity contribution in [3.8, 4) is 0 Å². The van der Waals surface area contributed by atoms with E-state index in [-0.39, 0.29) is 18.3 Å². The second kappa shape index (κ2) is 7.52. The van der Waals surface area contributed by atoms with E-state index in [2.05, 4.69) is 10.2 Å². The minimum absolute atomic E-state index is 0.0895. The first-order valence-corrected chi connectivity index (χ1v) is 7.45. The van der Waals surface area contributed by atoms with E-state index in [1.54, 1.807) is 12.1 Å². The van der Waals surface area contributed by atoms with E-state index < -0.39 is 0 Å². The van der Waals surface area contributed by atoms with Crippen LogP contribution in [0.3, 0.4) is 0 Å². The van der Waals surface area contributed by atoms with Crippen molar-refractivity contribution in [3.63, 3.8) is 0 Å². The monoisotopic (exact) mass is 294 g/mol. The van der Waals surface area contributed by atoms with Crippen LogP contribution in [0.15, 0.2) is 24.3 Å². The van der Waals surface area contributed by atoms with Crippen LogP contribution in [0, 0.1) is 11.7 Å². The summed E-state index contributed by atoms with van der Waals surface area (Å²) < 4.78 is 12.8. The van der Waals surface area contributed by atoms with Gasteiger partial charge in [0.1, 0.15) is 5.82 Å². The van der Waals surface area contributed by atoms with Crippen molar-refractivity contribution in [2.45, 2.75) is 31.7 Å². The van der Waals surface area contributed by atoms with Crippen LogP contribution in [0.25, 0.3) is 0 Å². The first kappa shape index (κ1) is 15.9. The van der Waals surface area contributed by atoms with Crippen molar-refractivity contribution in [1.82, 2.24) is 4.90 Å². The van der Waals surface area contributed by atoms with Gasteiger partial charge >= 0.3 is 0 Å². The number of aliphatic hydroxyl groups excluding tert-OH is 1. The molecule has 1 aliphatic carbocycles. The predicted molar refractivity (Wildman–Crippen MR) is 80.5 cm³/mol. The number of hydrogen-bond acceptors (Lipinski definition) is 3. The molecule has 0 heterocycles. The van der Waals surface area contributed by atoms with Gasteiger partial charge in [-0.25, -0.2) is 4.39 Å². The summed E-state index contributed by atoms with van der Waals surface area (Å²) in [6.07, 6.45) is 4.08. The molecule has 2 N–H and O–H groups in total. The zero-order valence-electron chi connectivity index (χ0n) is 12.4. The summed E-state index contributed by atoms with van der Waals surface area (Å²) in [7, 11) is 1.95. The number of carbonyl (C=O) groups excluding carboxylic acids is 1. The second-order valence-corrected chi connectivity index (χ2v) is 5.83. The highest BCUT2D eigenvalue weighted by Gasteiger charge is 2.24. The lowest BCUT2D eigenvalue weighted by Gasteiger charge is -2.33. The Labute approximate surface area is 125 Å². The largest absolute Gasteiger partial charge is 0.396 e. The number of rotatable bonds is 5. The fraction of sp³-hybridized carbons (Fsp3) is 0.562. The molecule has 1 fully saturated rings. The highest BCUT2D eigenvalue weighted by molar-refractivity contribution is 5.92. The molecule has 0 atom stereocenters. The molecule has 1 aromatic rings. The van der Waals surface area contributed by atoms with E-state index in [1.165, 1.54) is 12.1 Å². The molecule has 0 aliphatic heterocycles. The third kappa shape index (κ3) is 4.79. The van der Waals surface area contributed by atoms with Crippen LogP contribution in [0.4, 0.5) is 10.1 Å². The van der Waals surface area contributed by atoms with Gasteiger partial charge < -0.3 is 10.4 Å². The molecule has 0 aromatic heterocycles. The lowest BCUT2D eigenvalue weighted by Crippen LogP contribution is -2.40. The summed E-state index contributed by atoms with van der Waals surface area (Å²) in [6.45, 7) is 0.591. The maximum absolute atomic E-state index is 12.8. The molecule has 5 heteroatoms. The first-order chi connectivity index (χ1) is 10.1. The van der Waals surface area contributed by atoms with E-state index in [0.29, 0.717) is 24.2 Å². The van der Waals surface area contributed by atoms with Crippen LogP contribution in [-0.2, 0) is 4.79 Å². The van der Waals surface area contributed by atoms with E-state index in [4.69, 9.17) is 5.11 Å². The number of carbonyl (C=O) groups is 1. The number of aliphatic hydroxyl groups is 1. The van der Waals surface area contributed by atoms with Crippen molar-refractivity contribution in [3.05, 3.63) is 30.1 Å². The van der Waals surface area contributed by atoms with Gasteiger partial charge in [-0.15, -0.1) is 0 Å². The zero-order valence-corrected chi connectivity index (χ0v) is 12.4. The fourth-order valence-electron chi connectivity index (χ4n) is 2.86. The van der Waals surface area contributed by atoms with Gasteiger partial charge in [0.05, 0.1) is 6.54 Å². The molecule has 1 aromatic carbocycles. The van der Waals surface area contributed by atoms with Crippen LogP contribution in [0.5, 0.6) is 0 Å². The summed E-state index contributed by atoms with van der Waals surface area (Å²) in [5, 5.41) is 11.9. The van der Waals surface area contributed by atoms with Gasteiger partial charge in [0.15, 0.2) is 0 Å². The van der Waals surface area contributed by atoms with Gasteiger partial charge in [-0.05, 0) is 62.9 Å². The van der Waals surface area contributed by atoms with Crippen molar-refractivity contribution in [1.29, 1.82) is 0 Å². The number of benzene rings is 1. The van der Waals surface area contributed by atoms with Crippen LogP contribution >= 0.6 is 0 Å². The van der Waals surface area contributed by atoms with Crippen LogP contribution in [-0.4, -0.2) is 42.2 Å². The molecule has 0 spiro atoms.